The zero-order chi connectivity index (χ0) is 25.7. The van der Waals surface area contributed by atoms with Crippen molar-refractivity contribution in [1.29, 1.82) is 0 Å². The van der Waals surface area contributed by atoms with Crippen LogP contribution in [0.2, 0.25) is 0 Å². The van der Waals surface area contributed by atoms with E-state index in [1.165, 1.54) is 27.3 Å². The molecule has 12 heteroatoms. The van der Waals surface area contributed by atoms with Crippen LogP contribution in [0.3, 0.4) is 0 Å². The normalized spacial score (nSPS) is 20.0. The van der Waals surface area contributed by atoms with Crippen LogP contribution in [0.15, 0.2) is 35.4 Å². The lowest BCUT2D eigenvalue weighted by Crippen LogP contribution is -2.37. The predicted octanol–water partition coefficient (Wildman–Crippen LogP) is 3.50. The average Bonchev–Trinajstić information content (AvgIpc) is 3.20. The lowest BCUT2D eigenvalue weighted by Gasteiger charge is -2.25. The standard InChI is InChI=1S/C23H26F3N5O3S/c1-13(14-6-5-7-15(18(14)24)19(25)26)29-20-16-10-17(22(32)30(3)21(16)28-12-27-20)23(2)8-9-31(11-23)35(4,33)34/h5-7,10,12-13,19H,8-9,11H2,1-4H3,(H,27,28,29)/t13-,23+/m1/s1. The van der Waals surface area contributed by atoms with E-state index in [1.807, 2.05) is 6.92 Å². The monoisotopic (exact) mass is 509 g/mol. The van der Waals surface area contributed by atoms with E-state index < -0.39 is 39.3 Å². The Kier molecular flexibility index (Phi) is 6.39. The van der Waals surface area contributed by atoms with E-state index in [9.17, 15) is 26.4 Å². The second kappa shape index (κ2) is 8.90. The molecule has 0 amide bonds. The summed E-state index contributed by atoms with van der Waals surface area (Å²) in [5, 5.41) is 3.53. The van der Waals surface area contributed by atoms with Crippen molar-refractivity contribution in [3.63, 3.8) is 0 Å². The molecule has 188 valence electrons. The lowest BCUT2D eigenvalue weighted by molar-refractivity contribution is 0.146. The highest BCUT2D eigenvalue weighted by Gasteiger charge is 2.41. The van der Waals surface area contributed by atoms with Crippen molar-refractivity contribution >= 4 is 26.9 Å². The lowest BCUT2D eigenvalue weighted by atomic mass is 9.82. The van der Waals surface area contributed by atoms with Gasteiger partial charge in [0.15, 0.2) is 0 Å². The zero-order valence-corrected chi connectivity index (χ0v) is 20.5. The van der Waals surface area contributed by atoms with Gasteiger partial charge in [-0.2, -0.15) is 0 Å². The smallest absolute Gasteiger partial charge is 0.266 e. The van der Waals surface area contributed by atoms with Crippen molar-refractivity contribution in [2.75, 3.05) is 24.7 Å². The van der Waals surface area contributed by atoms with E-state index in [0.29, 0.717) is 35.4 Å². The van der Waals surface area contributed by atoms with Crippen molar-refractivity contribution in [3.8, 4) is 0 Å². The maximum Gasteiger partial charge on any atom is 0.266 e. The molecule has 0 spiro atoms. The Morgan fingerprint density at radius 3 is 2.51 bits per heavy atom. The molecule has 1 aliphatic rings. The van der Waals surface area contributed by atoms with Crippen LogP contribution in [-0.4, -0.2) is 46.6 Å². The zero-order valence-electron chi connectivity index (χ0n) is 19.7. The number of rotatable bonds is 6. The minimum Gasteiger partial charge on any atom is -0.363 e. The van der Waals surface area contributed by atoms with Crippen molar-refractivity contribution in [1.82, 2.24) is 18.8 Å². The van der Waals surface area contributed by atoms with Gasteiger partial charge in [0.1, 0.15) is 23.6 Å². The van der Waals surface area contributed by atoms with Gasteiger partial charge in [0.2, 0.25) is 10.0 Å². The Morgan fingerprint density at radius 2 is 1.89 bits per heavy atom. The highest BCUT2D eigenvalue weighted by molar-refractivity contribution is 7.88. The van der Waals surface area contributed by atoms with E-state index in [1.54, 1.807) is 20.0 Å². The quantitative estimate of drug-likeness (QED) is 0.546. The Hall–Kier alpha value is -2.99. The molecule has 1 aliphatic heterocycles. The van der Waals surface area contributed by atoms with E-state index in [2.05, 4.69) is 15.3 Å². The number of aromatic nitrogens is 3. The molecule has 0 aliphatic carbocycles. The highest BCUT2D eigenvalue weighted by atomic mass is 32.2. The van der Waals surface area contributed by atoms with Gasteiger partial charge in [-0.15, -0.1) is 0 Å². The van der Waals surface area contributed by atoms with Gasteiger partial charge < -0.3 is 5.32 Å². The molecule has 8 nitrogen and oxygen atoms in total. The fourth-order valence-electron chi connectivity index (χ4n) is 4.59. The van der Waals surface area contributed by atoms with E-state index in [4.69, 9.17) is 0 Å². The molecule has 0 unspecified atom stereocenters. The number of alkyl halides is 2. The molecule has 3 aromatic rings. The third-order valence-corrected chi connectivity index (χ3v) is 7.92. The molecule has 0 saturated carbocycles. The molecule has 1 fully saturated rings. The first-order valence-corrected chi connectivity index (χ1v) is 12.8. The summed E-state index contributed by atoms with van der Waals surface area (Å²) < 4.78 is 67.9. The Bertz CT molecular complexity index is 1460. The fraction of sp³-hybridized carbons (Fsp3) is 0.435. The van der Waals surface area contributed by atoms with Crippen LogP contribution in [0.1, 0.15) is 49.4 Å². The van der Waals surface area contributed by atoms with Crippen molar-refractivity contribution in [2.45, 2.75) is 38.2 Å². The molecule has 4 rings (SSSR count). The van der Waals surface area contributed by atoms with Crippen LogP contribution in [0.5, 0.6) is 0 Å². The Labute approximate surface area is 200 Å². The van der Waals surface area contributed by atoms with Gasteiger partial charge in [0.05, 0.1) is 23.2 Å². The number of aryl methyl sites for hydroxylation is 1. The fourth-order valence-corrected chi connectivity index (χ4v) is 5.54. The molecule has 35 heavy (non-hydrogen) atoms. The molecule has 0 bridgehead atoms. The largest absolute Gasteiger partial charge is 0.363 e. The average molecular weight is 510 g/mol. The first kappa shape index (κ1) is 25.1. The maximum atomic E-state index is 14.7. The number of hydrogen-bond donors (Lipinski definition) is 1. The van der Waals surface area contributed by atoms with Gasteiger partial charge in [-0.1, -0.05) is 25.1 Å². The summed E-state index contributed by atoms with van der Waals surface area (Å²) in [6.45, 7) is 3.91. The second-order valence-corrected chi connectivity index (χ2v) is 11.2. The van der Waals surface area contributed by atoms with Gasteiger partial charge in [0, 0.05) is 36.7 Å². The first-order valence-electron chi connectivity index (χ1n) is 11.0. The molecular formula is C23H26F3N5O3S. The predicted molar refractivity (Wildman–Crippen MR) is 127 cm³/mol. The van der Waals surface area contributed by atoms with Crippen LogP contribution < -0.4 is 10.9 Å². The number of pyridine rings is 1. The number of fused-ring (bicyclic) bond motifs is 1. The Balaban J connectivity index is 1.78. The summed E-state index contributed by atoms with van der Waals surface area (Å²) in [6.07, 6.45) is -0.0982. The number of nitrogens with one attached hydrogen (secondary N) is 1. The number of halogens is 3. The summed E-state index contributed by atoms with van der Waals surface area (Å²) in [4.78, 5) is 21.7. The summed E-state index contributed by atoms with van der Waals surface area (Å²) in [5.41, 5.74) is -0.933. The first-order chi connectivity index (χ1) is 16.3. The number of nitrogens with zero attached hydrogens (tertiary/aromatic N) is 4. The summed E-state index contributed by atoms with van der Waals surface area (Å²) in [6, 6.07) is 4.75. The Morgan fingerprint density at radius 1 is 1.20 bits per heavy atom. The van der Waals surface area contributed by atoms with Crippen molar-refractivity contribution in [2.24, 2.45) is 7.05 Å². The van der Waals surface area contributed by atoms with E-state index in [-0.39, 0.29) is 17.7 Å². The van der Waals surface area contributed by atoms with Crippen LogP contribution in [0.4, 0.5) is 19.0 Å². The van der Waals surface area contributed by atoms with E-state index >= 15 is 0 Å². The topological polar surface area (TPSA) is 97.2 Å². The van der Waals surface area contributed by atoms with Crippen LogP contribution in [0, 0.1) is 5.82 Å². The molecule has 3 heterocycles. The van der Waals surface area contributed by atoms with Gasteiger partial charge in [-0.25, -0.2) is 35.9 Å². The number of anilines is 1. The minimum absolute atomic E-state index is 0.0474. The third kappa shape index (κ3) is 4.52. The molecule has 1 aromatic carbocycles. The summed E-state index contributed by atoms with van der Waals surface area (Å²) in [7, 11) is -1.85. The molecule has 1 saturated heterocycles. The molecular weight excluding hydrogens is 483 g/mol. The molecule has 2 atom stereocenters. The number of benzene rings is 1. The van der Waals surface area contributed by atoms with Crippen molar-refractivity contribution < 1.29 is 21.6 Å². The summed E-state index contributed by atoms with van der Waals surface area (Å²) in [5.74, 6) is -0.698. The SMILES string of the molecule is C[C@@H](Nc1ncnc2c1cc([C@@]1(C)CCN(S(C)(=O)=O)C1)c(=O)n2C)c1cccc(C(F)F)c1F. The van der Waals surface area contributed by atoms with Crippen LogP contribution in [-0.2, 0) is 22.5 Å². The van der Waals surface area contributed by atoms with Crippen molar-refractivity contribution in [3.05, 3.63) is 63.5 Å². The second-order valence-electron chi connectivity index (χ2n) is 9.21. The highest BCUT2D eigenvalue weighted by Crippen LogP contribution is 2.36. The van der Waals surface area contributed by atoms with Gasteiger partial charge in [-0.3, -0.25) is 9.36 Å². The number of sulfonamides is 1. The molecule has 0 radical (unpaired) electrons. The van der Waals surface area contributed by atoms with Crippen LogP contribution in [0.25, 0.3) is 11.0 Å². The molecule has 1 N–H and O–H groups in total. The van der Waals surface area contributed by atoms with Gasteiger partial charge in [0.25, 0.3) is 12.0 Å². The van der Waals surface area contributed by atoms with E-state index in [0.717, 1.165) is 12.3 Å². The third-order valence-electron chi connectivity index (χ3n) is 6.68. The van der Waals surface area contributed by atoms with Gasteiger partial charge in [-0.05, 0) is 19.4 Å². The maximum absolute atomic E-state index is 14.7. The van der Waals surface area contributed by atoms with Gasteiger partial charge >= 0.3 is 0 Å². The summed E-state index contributed by atoms with van der Waals surface area (Å²) >= 11 is 0. The van der Waals surface area contributed by atoms with Crippen LogP contribution >= 0.6 is 0 Å². The number of hydrogen-bond acceptors (Lipinski definition) is 6. The molecule has 2 aromatic heterocycles. The minimum atomic E-state index is -3.42.